The number of amides is 6. The molecule has 5 atom stereocenters. The summed E-state index contributed by atoms with van der Waals surface area (Å²) in [5, 5.41) is 13.9. The van der Waals surface area contributed by atoms with Crippen LogP contribution in [0.25, 0.3) is 0 Å². The summed E-state index contributed by atoms with van der Waals surface area (Å²) in [5.74, 6) is -2.95. The zero-order valence-corrected chi connectivity index (χ0v) is 32.2. The van der Waals surface area contributed by atoms with Gasteiger partial charge in [0, 0.05) is 19.1 Å². The highest BCUT2D eigenvalue weighted by Gasteiger charge is 2.47. The predicted octanol–water partition coefficient (Wildman–Crippen LogP) is 3.65. The molecule has 1 aliphatic heterocycles. The van der Waals surface area contributed by atoms with Crippen molar-refractivity contribution < 1.29 is 33.5 Å². The fourth-order valence-electron chi connectivity index (χ4n) is 7.00. The van der Waals surface area contributed by atoms with Gasteiger partial charge in [-0.1, -0.05) is 78.3 Å². The van der Waals surface area contributed by atoms with Crippen LogP contribution in [0.1, 0.15) is 85.8 Å². The van der Waals surface area contributed by atoms with Gasteiger partial charge >= 0.3 is 12.1 Å². The second-order valence-electron chi connectivity index (χ2n) is 15.7. The Morgan fingerprint density at radius 1 is 0.962 bits per heavy atom. The van der Waals surface area contributed by atoms with E-state index in [1.54, 1.807) is 4.90 Å². The van der Waals surface area contributed by atoms with Crippen LogP contribution in [-0.4, -0.2) is 90.4 Å². The van der Waals surface area contributed by atoms with Crippen molar-refractivity contribution in [3.05, 3.63) is 48.0 Å². The molecule has 1 aliphatic carbocycles. The molecule has 0 radical (unpaired) electrons. The Morgan fingerprint density at radius 3 is 2.13 bits per heavy atom. The number of hydrogen-bond donors (Lipinski definition) is 5. The standard InChI is InChI=1S/C39H60N6O7/c1-10-14-29(33(46)35(48)40-18-11-2)42-34(47)32-28(23(3)4)17-19-45(32)36(49)31(27-20-25-15-12-13-16-26(25)21-27)44-37(50)43-30(39(7,8)9)22-52-38(51)41-24(5)6/h11-13,15-16,23-24,27-32H,2,10,14,17-22H2,1,3-9H3,(H,40,48)(H,41,51)(H,42,47)(H2,43,44,50)/t28-,29?,30-,31?,32+/m1/s1. The zero-order chi connectivity index (χ0) is 38.7. The van der Waals surface area contributed by atoms with E-state index >= 15 is 0 Å². The summed E-state index contributed by atoms with van der Waals surface area (Å²) in [5.41, 5.74) is 1.68. The molecular weight excluding hydrogens is 664 g/mol. The number of rotatable bonds is 16. The summed E-state index contributed by atoms with van der Waals surface area (Å²) in [6.45, 7) is 19.1. The summed E-state index contributed by atoms with van der Waals surface area (Å²) in [7, 11) is 0. The van der Waals surface area contributed by atoms with Crippen molar-refractivity contribution in [2.45, 2.75) is 118 Å². The number of Topliss-reactive ketones (excluding diaryl/α,β-unsaturated/α-hetero) is 1. The summed E-state index contributed by atoms with van der Waals surface area (Å²) in [4.78, 5) is 82.1. The first-order chi connectivity index (χ1) is 24.5. The van der Waals surface area contributed by atoms with Gasteiger partial charge in [-0.2, -0.15) is 0 Å². The third kappa shape index (κ3) is 11.3. The number of carbonyl (C=O) groups excluding carboxylic acids is 6. The molecule has 1 aromatic carbocycles. The number of benzene rings is 1. The number of nitrogens with one attached hydrogen (secondary N) is 5. The third-order valence-electron chi connectivity index (χ3n) is 9.94. The first kappa shape index (κ1) is 42.0. The average molecular weight is 725 g/mol. The summed E-state index contributed by atoms with van der Waals surface area (Å²) in [6, 6.07) is 3.66. The van der Waals surface area contributed by atoms with Crippen LogP contribution in [0, 0.1) is 23.2 Å². The quantitative estimate of drug-likeness (QED) is 0.128. The molecule has 2 aliphatic rings. The zero-order valence-electron chi connectivity index (χ0n) is 32.2. The van der Waals surface area contributed by atoms with Crippen LogP contribution >= 0.6 is 0 Å². The van der Waals surface area contributed by atoms with Gasteiger partial charge in [0.15, 0.2) is 0 Å². The van der Waals surface area contributed by atoms with Crippen LogP contribution < -0.4 is 26.6 Å². The number of hydrogen-bond acceptors (Lipinski definition) is 7. The summed E-state index contributed by atoms with van der Waals surface area (Å²) in [6.07, 6.45) is 3.32. The molecule has 1 saturated heterocycles. The first-order valence-corrected chi connectivity index (χ1v) is 18.6. The van der Waals surface area contributed by atoms with Crippen molar-refractivity contribution >= 4 is 35.6 Å². The van der Waals surface area contributed by atoms with Gasteiger partial charge in [0.2, 0.25) is 17.6 Å². The highest BCUT2D eigenvalue weighted by molar-refractivity contribution is 6.38. The third-order valence-corrected chi connectivity index (χ3v) is 9.94. The molecule has 52 heavy (non-hydrogen) atoms. The van der Waals surface area contributed by atoms with E-state index in [4.69, 9.17) is 4.74 Å². The van der Waals surface area contributed by atoms with Crippen LogP contribution in [0.2, 0.25) is 0 Å². The SMILES string of the molecule is C=CCNC(=O)C(=O)C(CCC)NC(=O)[C@@H]1[C@@H](C(C)C)CCN1C(=O)C(NC(=O)N[C@H](COC(=O)NC(C)C)C(C)(C)C)C1Cc2ccccc2C1. The van der Waals surface area contributed by atoms with Crippen LogP contribution in [0.5, 0.6) is 0 Å². The minimum absolute atomic E-state index is 0.0237. The fraction of sp³-hybridized carbons (Fsp3) is 0.641. The molecule has 0 aromatic heterocycles. The lowest BCUT2D eigenvalue weighted by Crippen LogP contribution is -2.61. The van der Waals surface area contributed by atoms with Crippen LogP contribution in [0.4, 0.5) is 9.59 Å². The Kier molecular flexibility index (Phi) is 15.3. The number of alkyl carbamates (subject to hydrolysis) is 1. The monoisotopic (exact) mass is 724 g/mol. The van der Waals surface area contributed by atoms with Crippen molar-refractivity contribution in [2.75, 3.05) is 19.7 Å². The van der Waals surface area contributed by atoms with Gasteiger partial charge in [0.1, 0.15) is 18.7 Å². The maximum absolute atomic E-state index is 14.8. The Bertz CT molecular complexity index is 1430. The molecule has 13 heteroatoms. The molecule has 1 aromatic rings. The first-order valence-electron chi connectivity index (χ1n) is 18.6. The van der Waals surface area contributed by atoms with Crippen molar-refractivity contribution in [1.82, 2.24) is 31.5 Å². The minimum atomic E-state index is -1.06. The lowest BCUT2D eigenvalue weighted by Gasteiger charge is -2.35. The Labute approximate surface area is 308 Å². The lowest BCUT2D eigenvalue weighted by atomic mass is 9.87. The second kappa shape index (κ2) is 18.9. The Morgan fingerprint density at radius 2 is 1.60 bits per heavy atom. The number of ketones is 1. The number of nitrogens with zero attached hydrogens (tertiary/aromatic N) is 1. The highest BCUT2D eigenvalue weighted by Crippen LogP contribution is 2.35. The van der Waals surface area contributed by atoms with Gasteiger partial charge < -0.3 is 36.2 Å². The molecule has 3 rings (SSSR count). The molecular formula is C39H60N6O7. The molecule has 0 bridgehead atoms. The molecule has 5 N–H and O–H groups in total. The largest absolute Gasteiger partial charge is 0.447 e. The van der Waals surface area contributed by atoms with E-state index in [-0.39, 0.29) is 49.9 Å². The molecule has 0 spiro atoms. The van der Waals surface area contributed by atoms with Crippen molar-refractivity contribution in [1.29, 1.82) is 0 Å². The Hall–Kier alpha value is -4.42. The van der Waals surface area contributed by atoms with Crippen molar-refractivity contribution in [3.63, 3.8) is 0 Å². The van der Waals surface area contributed by atoms with Crippen molar-refractivity contribution in [3.8, 4) is 0 Å². The molecule has 2 unspecified atom stereocenters. The summed E-state index contributed by atoms with van der Waals surface area (Å²) < 4.78 is 5.43. The van der Waals surface area contributed by atoms with E-state index in [1.807, 2.05) is 79.7 Å². The van der Waals surface area contributed by atoms with Gasteiger partial charge in [-0.25, -0.2) is 9.59 Å². The van der Waals surface area contributed by atoms with E-state index in [9.17, 15) is 28.8 Å². The van der Waals surface area contributed by atoms with Gasteiger partial charge in [-0.05, 0) is 73.8 Å². The maximum atomic E-state index is 14.8. The van der Waals surface area contributed by atoms with Gasteiger partial charge in [0.25, 0.3) is 5.91 Å². The highest BCUT2D eigenvalue weighted by atomic mass is 16.5. The Balaban J connectivity index is 1.90. The molecule has 0 saturated carbocycles. The molecule has 1 heterocycles. The molecule has 1 fully saturated rings. The predicted molar refractivity (Wildman–Crippen MR) is 199 cm³/mol. The minimum Gasteiger partial charge on any atom is -0.447 e. The average Bonchev–Trinajstić information content (AvgIpc) is 3.71. The summed E-state index contributed by atoms with van der Waals surface area (Å²) >= 11 is 0. The normalized spacial score (nSPS) is 18.9. The number of urea groups is 1. The smallest absolute Gasteiger partial charge is 0.407 e. The van der Waals surface area contributed by atoms with Gasteiger partial charge in [-0.3, -0.25) is 19.2 Å². The van der Waals surface area contributed by atoms with Crippen LogP contribution in [0.3, 0.4) is 0 Å². The lowest BCUT2D eigenvalue weighted by molar-refractivity contribution is -0.144. The van der Waals surface area contributed by atoms with Gasteiger partial charge in [-0.15, -0.1) is 6.58 Å². The van der Waals surface area contributed by atoms with Crippen molar-refractivity contribution in [2.24, 2.45) is 23.2 Å². The van der Waals surface area contributed by atoms with E-state index in [0.29, 0.717) is 25.7 Å². The van der Waals surface area contributed by atoms with E-state index in [1.165, 1.54) is 6.08 Å². The molecule has 288 valence electrons. The number of fused-ring (bicyclic) bond motifs is 1. The van der Waals surface area contributed by atoms with Gasteiger partial charge in [0.05, 0.1) is 12.1 Å². The number of likely N-dealkylation sites (tertiary alicyclic amines) is 1. The van der Waals surface area contributed by atoms with E-state index < -0.39 is 65.2 Å². The van der Waals surface area contributed by atoms with E-state index in [0.717, 1.165) is 11.1 Å². The number of carbonyl (C=O) groups is 6. The van der Waals surface area contributed by atoms with Crippen LogP contribution in [0.15, 0.2) is 36.9 Å². The fourth-order valence-corrected chi connectivity index (χ4v) is 7.00. The maximum Gasteiger partial charge on any atom is 0.407 e. The van der Waals surface area contributed by atoms with E-state index in [2.05, 4.69) is 33.2 Å². The second-order valence-corrected chi connectivity index (χ2v) is 15.7. The topological polar surface area (TPSA) is 175 Å². The van der Waals surface area contributed by atoms with Crippen LogP contribution in [-0.2, 0) is 36.8 Å². The molecule has 13 nitrogen and oxygen atoms in total. The number of ether oxygens (including phenoxy) is 1. The molecule has 6 amide bonds.